The van der Waals surface area contributed by atoms with Crippen LogP contribution in [0.5, 0.6) is 5.75 Å². The normalized spacial score (nSPS) is 17.5. The molecule has 4 rings (SSSR count). The van der Waals surface area contributed by atoms with Gasteiger partial charge in [-0.15, -0.1) is 0 Å². The number of carbonyl (C=O) groups excluding carboxylic acids is 1. The summed E-state index contributed by atoms with van der Waals surface area (Å²) in [5.41, 5.74) is 2.84. The first kappa shape index (κ1) is 22.0. The summed E-state index contributed by atoms with van der Waals surface area (Å²) < 4.78 is 0. The van der Waals surface area contributed by atoms with Gasteiger partial charge >= 0.3 is 0 Å². The van der Waals surface area contributed by atoms with E-state index in [0.717, 1.165) is 74.8 Å². The van der Waals surface area contributed by atoms with Crippen molar-refractivity contribution >= 4 is 23.2 Å². The number of benzene rings is 2. The minimum absolute atomic E-state index is 0.144. The molecule has 1 saturated heterocycles. The Morgan fingerprint density at radius 2 is 1.81 bits per heavy atom. The number of nitrogens with one attached hydrogen (secondary N) is 2. The number of phenolic OH excluding ortho intramolecular Hbond substituents is 1. The van der Waals surface area contributed by atoms with Crippen LogP contribution in [0.3, 0.4) is 0 Å². The highest BCUT2D eigenvalue weighted by Crippen LogP contribution is 2.27. The van der Waals surface area contributed by atoms with Gasteiger partial charge in [-0.2, -0.15) is 0 Å². The Bertz CT molecular complexity index is 947. The molecule has 170 valence electrons. The summed E-state index contributed by atoms with van der Waals surface area (Å²) in [6.07, 6.45) is 4.31. The number of rotatable bonds is 5. The Balaban J connectivity index is 1.29. The van der Waals surface area contributed by atoms with Crippen LogP contribution in [0, 0.1) is 5.92 Å². The van der Waals surface area contributed by atoms with Gasteiger partial charge in [0, 0.05) is 51.4 Å². The SMILES string of the molecule is CN=C(NCc1cccc(NC(=O)C2CCCC2)c1)N1CCN(c2ccccc2O)CC1. The number of amides is 1. The van der Waals surface area contributed by atoms with E-state index >= 15 is 0 Å². The number of carbonyl (C=O) groups is 1. The molecule has 1 aliphatic carbocycles. The molecule has 0 bridgehead atoms. The zero-order valence-electron chi connectivity index (χ0n) is 18.8. The van der Waals surface area contributed by atoms with Crippen LogP contribution < -0.4 is 15.5 Å². The van der Waals surface area contributed by atoms with Crippen molar-refractivity contribution in [3.05, 3.63) is 54.1 Å². The summed E-state index contributed by atoms with van der Waals surface area (Å²) in [5, 5.41) is 16.6. The molecule has 2 fully saturated rings. The smallest absolute Gasteiger partial charge is 0.227 e. The molecule has 0 radical (unpaired) electrons. The van der Waals surface area contributed by atoms with Crippen molar-refractivity contribution in [1.82, 2.24) is 10.2 Å². The summed E-state index contributed by atoms with van der Waals surface area (Å²) in [4.78, 5) is 21.3. The maximum absolute atomic E-state index is 12.4. The van der Waals surface area contributed by atoms with Gasteiger partial charge in [0.15, 0.2) is 5.96 Å². The number of piperazine rings is 1. The summed E-state index contributed by atoms with van der Waals surface area (Å²) in [6.45, 7) is 3.93. The third-order valence-corrected chi connectivity index (χ3v) is 6.38. The van der Waals surface area contributed by atoms with Gasteiger partial charge in [-0.3, -0.25) is 9.79 Å². The molecule has 0 spiro atoms. The Morgan fingerprint density at radius 3 is 2.53 bits per heavy atom. The van der Waals surface area contributed by atoms with E-state index in [1.807, 2.05) is 36.4 Å². The molecule has 32 heavy (non-hydrogen) atoms. The van der Waals surface area contributed by atoms with E-state index < -0.39 is 0 Å². The van der Waals surface area contributed by atoms with E-state index in [9.17, 15) is 9.90 Å². The molecule has 2 aromatic rings. The maximum atomic E-state index is 12.4. The molecule has 0 atom stereocenters. The molecule has 3 N–H and O–H groups in total. The summed E-state index contributed by atoms with van der Waals surface area (Å²) in [7, 11) is 1.80. The first-order chi connectivity index (χ1) is 15.6. The van der Waals surface area contributed by atoms with Crippen LogP contribution >= 0.6 is 0 Å². The fraction of sp³-hybridized carbons (Fsp3) is 0.440. The van der Waals surface area contributed by atoms with Gasteiger partial charge in [-0.25, -0.2) is 0 Å². The first-order valence-corrected chi connectivity index (χ1v) is 11.5. The number of hydrogen-bond donors (Lipinski definition) is 3. The second kappa shape index (κ2) is 10.4. The van der Waals surface area contributed by atoms with E-state index in [1.54, 1.807) is 13.1 Å². The van der Waals surface area contributed by atoms with Crippen molar-refractivity contribution in [2.45, 2.75) is 32.2 Å². The lowest BCUT2D eigenvalue weighted by Crippen LogP contribution is -2.52. The highest BCUT2D eigenvalue weighted by molar-refractivity contribution is 5.92. The molecule has 1 heterocycles. The highest BCUT2D eigenvalue weighted by atomic mass is 16.3. The van der Waals surface area contributed by atoms with Crippen molar-refractivity contribution in [2.75, 3.05) is 43.4 Å². The van der Waals surface area contributed by atoms with Crippen LogP contribution in [-0.4, -0.2) is 55.1 Å². The lowest BCUT2D eigenvalue weighted by molar-refractivity contribution is -0.119. The summed E-state index contributed by atoms with van der Waals surface area (Å²) in [6, 6.07) is 15.5. The monoisotopic (exact) mass is 435 g/mol. The fourth-order valence-electron chi connectivity index (χ4n) is 4.60. The number of aliphatic imine (C=N–C) groups is 1. The summed E-state index contributed by atoms with van der Waals surface area (Å²) in [5.74, 6) is 1.49. The number of para-hydroxylation sites is 2. The van der Waals surface area contributed by atoms with E-state index in [-0.39, 0.29) is 11.8 Å². The Morgan fingerprint density at radius 1 is 1.06 bits per heavy atom. The third-order valence-electron chi connectivity index (χ3n) is 6.38. The highest BCUT2D eigenvalue weighted by Gasteiger charge is 2.23. The molecule has 7 heteroatoms. The molecule has 1 saturated carbocycles. The number of phenols is 1. The van der Waals surface area contributed by atoms with Crippen LogP contribution in [-0.2, 0) is 11.3 Å². The van der Waals surface area contributed by atoms with Gasteiger partial charge in [-0.05, 0) is 42.7 Å². The molecule has 2 aliphatic rings. The van der Waals surface area contributed by atoms with E-state index in [1.165, 1.54) is 0 Å². The number of hydrogen-bond acceptors (Lipinski definition) is 4. The van der Waals surface area contributed by atoms with Gasteiger partial charge < -0.3 is 25.5 Å². The average Bonchev–Trinajstić information content (AvgIpc) is 3.36. The number of anilines is 2. The molecule has 0 aromatic heterocycles. The quantitative estimate of drug-likeness (QED) is 0.495. The predicted octanol–water partition coefficient (Wildman–Crippen LogP) is 3.42. The Hall–Kier alpha value is -3.22. The lowest BCUT2D eigenvalue weighted by atomic mass is 10.1. The van der Waals surface area contributed by atoms with Crippen LogP contribution in [0.2, 0.25) is 0 Å². The molecule has 2 aromatic carbocycles. The van der Waals surface area contributed by atoms with Crippen LogP contribution in [0.25, 0.3) is 0 Å². The molecule has 1 amide bonds. The predicted molar refractivity (Wildman–Crippen MR) is 129 cm³/mol. The minimum atomic E-state index is 0.144. The van der Waals surface area contributed by atoms with E-state index in [2.05, 4.69) is 31.5 Å². The van der Waals surface area contributed by atoms with Gasteiger partial charge in [-0.1, -0.05) is 37.1 Å². The molecular formula is C25H33N5O2. The fourth-order valence-corrected chi connectivity index (χ4v) is 4.60. The zero-order chi connectivity index (χ0) is 22.3. The first-order valence-electron chi connectivity index (χ1n) is 11.5. The van der Waals surface area contributed by atoms with E-state index in [0.29, 0.717) is 12.3 Å². The van der Waals surface area contributed by atoms with Crippen LogP contribution in [0.15, 0.2) is 53.5 Å². The molecule has 7 nitrogen and oxygen atoms in total. The lowest BCUT2D eigenvalue weighted by Gasteiger charge is -2.37. The number of aromatic hydroxyl groups is 1. The second-order valence-electron chi connectivity index (χ2n) is 8.53. The second-order valence-corrected chi connectivity index (χ2v) is 8.53. The van der Waals surface area contributed by atoms with Gasteiger partial charge in [0.1, 0.15) is 5.75 Å². The number of guanidine groups is 1. The average molecular weight is 436 g/mol. The number of nitrogens with zero attached hydrogens (tertiary/aromatic N) is 3. The third kappa shape index (κ3) is 5.33. The Labute approximate surface area is 190 Å². The van der Waals surface area contributed by atoms with Crippen molar-refractivity contribution < 1.29 is 9.90 Å². The van der Waals surface area contributed by atoms with Crippen LogP contribution in [0.4, 0.5) is 11.4 Å². The van der Waals surface area contributed by atoms with Gasteiger partial charge in [0.05, 0.1) is 5.69 Å². The van der Waals surface area contributed by atoms with Crippen molar-refractivity contribution in [3.63, 3.8) is 0 Å². The topological polar surface area (TPSA) is 80.2 Å². The summed E-state index contributed by atoms with van der Waals surface area (Å²) >= 11 is 0. The maximum Gasteiger partial charge on any atom is 0.227 e. The van der Waals surface area contributed by atoms with Crippen molar-refractivity contribution in [2.24, 2.45) is 10.9 Å². The zero-order valence-corrected chi connectivity index (χ0v) is 18.8. The largest absolute Gasteiger partial charge is 0.506 e. The molecule has 0 unspecified atom stereocenters. The minimum Gasteiger partial charge on any atom is -0.506 e. The standard InChI is InChI=1S/C25H33N5O2/c1-26-25(30-15-13-29(14-16-30)22-11-4-5-12-23(22)31)27-18-19-7-6-10-21(17-19)28-24(32)20-8-2-3-9-20/h4-7,10-12,17,20,31H,2-3,8-9,13-16,18H2,1H3,(H,26,27)(H,28,32). The molecule has 1 aliphatic heterocycles. The van der Waals surface area contributed by atoms with Gasteiger partial charge in [0.25, 0.3) is 0 Å². The molecular weight excluding hydrogens is 402 g/mol. The Kier molecular flexibility index (Phi) is 7.14. The van der Waals surface area contributed by atoms with Gasteiger partial charge in [0.2, 0.25) is 5.91 Å². The van der Waals surface area contributed by atoms with Crippen molar-refractivity contribution in [3.8, 4) is 5.75 Å². The van der Waals surface area contributed by atoms with E-state index in [4.69, 9.17) is 0 Å². The van der Waals surface area contributed by atoms with Crippen molar-refractivity contribution in [1.29, 1.82) is 0 Å². The van der Waals surface area contributed by atoms with Crippen LogP contribution in [0.1, 0.15) is 31.2 Å².